The minimum atomic E-state index is -1.92. The summed E-state index contributed by atoms with van der Waals surface area (Å²) in [5.74, 6) is 0. The third-order valence-electron chi connectivity index (χ3n) is 5.00. The van der Waals surface area contributed by atoms with Gasteiger partial charge < -0.3 is 10.4 Å². The van der Waals surface area contributed by atoms with E-state index in [2.05, 4.69) is 72.5 Å². The van der Waals surface area contributed by atoms with E-state index in [1.54, 1.807) is 0 Å². The molecule has 0 aliphatic carbocycles. The Balaban J connectivity index is 1.93. The minimum absolute atomic E-state index is 0.263. The van der Waals surface area contributed by atoms with Crippen molar-refractivity contribution in [2.75, 3.05) is 6.54 Å². The van der Waals surface area contributed by atoms with Gasteiger partial charge in [-0.05, 0) is 25.4 Å². The van der Waals surface area contributed by atoms with Crippen LogP contribution in [0.2, 0.25) is 12.6 Å². The van der Waals surface area contributed by atoms with Gasteiger partial charge in [-0.2, -0.15) is 0 Å². The lowest BCUT2D eigenvalue weighted by atomic mass is 10.1. The first-order valence-electron chi connectivity index (χ1n) is 8.23. The van der Waals surface area contributed by atoms with Crippen molar-refractivity contribution in [3.05, 3.63) is 60.7 Å². The molecular weight excluding hydrogens is 286 g/mol. The molecule has 2 atom stereocenters. The molecule has 2 nitrogen and oxygen atoms in total. The van der Waals surface area contributed by atoms with Crippen LogP contribution in [0.4, 0.5) is 0 Å². The molecule has 1 saturated heterocycles. The summed E-state index contributed by atoms with van der Waals surface area (Å²) in [7, 11) is -1.92. The Kier molecular flexibility index (Phi) is 4.77. The van der Waals surface area contributed by atoms with Crippen molar-refractivity contribution in [2.45, 2.75) is 37.6 Å². The normalized spacial score (nSPS) is 20.0. The molecule has 0 spiro atoms. The summed E-state index contributed by atoms with van der Waals surface area (Å²) in [6.45, 7) is 3.42. The Morgan fingerprint density at radius 3 is 2.05 bits per heavy atom. The van der Waals surface area contributed by atoms with Crippen molar-refractivity contribution in [3.63, 3.8) is 0 Å². The van der Waals surface area contributed by atoms with E-state index in [4.69, 9.17) is 0 Å². The molecule has 0 unspecified atom stereocenters. The highest BCUT2D eigenvalue weighted by atomic mass is 28.3. The van der Waals surface area contributed by atoms with E-state index in [0.717, 1.165) is 19.0 Å². The lowest BCUT2D eigenvalue weighted by Gasteiger charge is -2.33. The van der Waals surface area contributed by atoms with Crippen LogP contribution in [0.3, 0.4) is 0 Å². The van der Waals surface area contributed by atoms with E-state index in [0.29, 0.717) is 0 Å². The van der Waals surface area contributed by atoms with Gasteiger partial charge in [0.15, 0.2) is 0 Å². The minimum Gasteiger partial charge on any atom is -0.392 e. The lowest BCUT2D eigenvalue weighted by molar-refractivity contribution is 0.153. The average molecular weight is 312 g/mol. The summed E-state index contributed by atoms with van der Waals surface area (Å²) in [4.78, 5) is 0. The summed E-state index contributed by atoms with van der Waals surface area (Å²) < 4.78 is 0. The molecule has 1 aliphatic heterocycles. The van der Waals surface area contributed by atoms with E-state index < -0.39 is 8.07 Å². The summed E-state index contributed by atoms with van der Waals surface area (Å²) in [5.41, 5.74) is 0. The predicted octanol–water partition coefficient (Wildman–Crippen LogP) is 1.99. The molecule has 0 radical (unpaired) electrons. The molecule has 0 bridgehead atoms. The van der Waals surface area contributed by atoms with E-state index >= 15 is 0 Å². The smallest absolute Gasteiger partial charge is 0.117 e. The standard InChI is InChI=1S/C19H25NOSi/c1-22(16-9-4-2-5-10-16,17-11-6-3-7-12-17)15-19(21)18-13-8-14-20-18/h2-7,9-12,18-21H,8,13-15H2,1H3/t18-,19+/m1/s1. The lowest BCUT2D eigenvalue weighted by Crippen LogP contribution is -2.58. The topological polar surface area (TPSA) is 32.3 Å². The summed E-state index contributed by atoms with van der Waals surface area (Å²) in [6.07, 6.45) is 2.01. The van der Waals surface area contributed by atoms with Gasteiger partial charge in [0.25, 0.3) is 0 Å². The van der Waals surface area contributed by atoms with Crippen LogP contribution in [0.15, 0.2) is 60.7 Å². The van der Waals surface area contributed by atoms with Gasteiger partial charge in [-0.1, -0.05) is 77.6 Å². The molecular formula is C19H25NOSi. The monoisotopic (exact) mass is 311 g/mol. The summed E-state index contributed by atoms with van der Waals surface area (Å²) in [6, 6.07) is 22.7. The molecule has 1 heterocycles. The van der Waals surface area contributed by atoms with Crippen LogP contribution < -0.4 is 15.7 Å². The Bertz CT molecular complexity index is 541. The maximum atomic E-state index is 10.8. The fourth-order valence-electron chi connectivity index (χ4n) is 3.61. The zero-order valence-electron chi connectivity index (χ0n) is 13.2. The van der Waals surface area contributed by atoms with Gasteiger partial charge in [0.1, 0.15) is 8.07 Å². The van der Waals surface area contributed by atoms with Gasteiger partial charge in [-0.25, -0.2) is 0 Å². The van der Waals surface area contributed by atoms with Crippen molar-refractivity contribution in [1.82, 2.24) is 5.32 Å². The largest absolute Gasteiger partial charge is 0.392 e. The molecule has 2 N–H and O–H groups in total. The SMILES string of the molecule is C[Si](C[C@H](O)[C@H]1CCCN1)(c1ccccc1)c1ccccc1. The number of benzene rings is 2. The first kappa shape index (κ1) is 15.5. The molecule has 2 aromatic carbocycles. The third-order valence-corrected chi connectivity index (χ3v) is 9.45. The number of nitrogens with one attached hydrogen (secondary N) is 1. The van der Waals surface area contributed by atoms with Crippen molar-refractivity contribution in [1.29, 1.82) is 0 Å². The summed E-state index contributed by atoms with van der Waals surface area (Å²) in [5, 5.41) is 17.0. The third kappa shape index (κ3) is 3.17. The highest BCUT2D eigenvalue weighted by molar-refractivity contribution is 7.01. The predicted molar refractivity (Wildman–Crippen MR) is 95.6 cm³/mol. The van der Waals surface area contributed by atoms with Crippen LogP contribution in [-0.4, -0.2) is 31.9 Å². The fourth-order valence-corrected chi connectivity index (χ4v) is 7.40. The van der Waals surface area contributed by atoms with E-state index in [1.807, 2.05) is 0 Å². The molecule has 3 rings (SSSR count). The highest BCUT2D eigenvalue weighted by Crippen LogP contribution is 2.20. The van der Waals surface area contributed by atoms with Gasteiger partial charge >= 0.3 is 0 Å². The van der Waals surface area contributed by atoms with Crippen LogP contribution in [0.25, 0.3) is 0 Å². The molecule has 116 valence electrons. The number of hydrogen-bond donors (Lipinski definition) is 2. The quantitative estimate of drug-likeness (QED) is 0.828. The van der Waals surface area contributed by atoms with Gasteiger partial charge in [0.05, 0.1) is 6.10 Å². The molecule has 3 heteroatoms. The molecule has 1 fully saturated rings. The van der Waals surface area contributed by atoms with Gasteiger partial charge in [0, 0.05) is 6.04 Å². The maximum absolute atomic E-state index is 10.8. The summed E-state index contributed by atoms with van der Waals surface area (Å²) >= 11 is 0. The van der Waals surface area contributed by atoms with Crippen LogP contribution in [0.1, 0.15) is 12.8 Å². The Morgan fingerprint density at radius 2 is 1.59 bits per heavy atom. The number of aliphatic hydroxyl groups is 1. The van der Waals surface area contributed by atoms with Gasteiger partial charge in [0.2, 0.25) is 0 Å². The number of rotatable bonds is 5. The first-order valence-corrected chi connectivity index (χ1v) is 10.9. The Hall–Kier alpha value is -1.42. The molecule has 22 heavy (non-hydrogen) atoms. The maximum Gasteiger partial charge on any atom is 0.117 e. The second kappa shape index (κ2) is 6.78. The molecule has 1 aliphatic rings. The van der Waals surface area contributed by atoms with Crippen molar-refractivity contribution in [3.8, 4) is 0 Å². The van der Waals surface area contributed by atoms with Crippen molar-refractivity contribution < 1.29 is 5.11 Å². The van der Waals surface area contributed by atoms with Gasteiger partial charge in [-0.15, -0.1) is 0 Å². The van der Waals surface area contributed by atoms with Crippen LogP contribution in [0, 0.1) is 0 Å². The molecule has 0 aromatic heterocycles. The Morgan fingerprint density at radius 1 is 1.05 bits per heavy atom. The molecule has 2 aromatic rings. The highest BCUT2D eigenvalue weighted by Gasteiger charge is 2.36. The van der Waals surface area contributed by atoms with Crippen LogP contribution in [-0.2, 0) is 0 Å². The Labute approximate surface area is 134 Å². The van der Waals surface area contributed by atoms with E-state index in [1.165, 1.54) is 16.8 Å². The average Bonchev–Trinajstić information content (AvgIpc) is 3.11. The molecule has 0 saturated carbocycles. The number of aliphatic hydroxyl groups excluding tert-OH is 1. The van der Waals surface area contributed by atoms with Gasteiger partial charge in [-0.3, -0.25) is 0 Å². The van der Waals surface area contributed by atoms with Crippen LogP contribution >= 0.6 is 0 Å². The number of hydrogen-bond acceptors (Lipinski definition) is 2. The first-order chi connectivity index (χ1) is 10.7. The fraction of sp³-hybridized carbons (Fsp3) is 0.368. The van der Waals surface area contributed by atoms with Crippen molar-refractivity contribution in [2.24, 2.45) is 0 Å². The second-order valence-corrected chi connectivity index (χ2v) is 10.8. The molecule has 0 amide bonds. The zero-order valence-corrected chi connectivity index (χ0v) is 14.2. The second-order valence-electron chi connectivity index (χ2n) is 6.54. The zero-order chi connectivity index (χ0) is 15.4. The van der Waals surface area contributed by atoms with E-state index in [-0.39, 0.29) is 12.1 Å². The van der Waals surface area contributed by atoms with Crippen molar-refractivity contribution >= 4 is 18.4 Å². The van der Waals surface area contributed by atoms with Crippen LogP contribution in [0.5, 0.6) is 0 Å². The van der Waals surface area contributed by atoms with E-state index in [9.17, 15) is 5.11 Å².